The summed E-state index contributed by atoms with van der Waals surface area (Å²) in [6, 6.07) is 9.93. The van der Waals surface area contributed by atoms with Crippen LogP contribution in [-0.4, -0.2) is 6.54 Å². The van der Waals surface area contributed by atoms with Gasteiger partial charge in [-0.1, -0.05) is 37.6 Å². The van der Waals surface area contributed by atoms with Crippen LogP contribution < -0.4 is 5.32 Å². The maximum atomic E-state index is 6.15. The molecule has 0 fully saturated rings. The zero-order valence-electron chi connectivity index (χ0n) is 12.8. The van der Waals surface area contributed by atoms with Crippen molar-refractivity contribution in [2.45, 2.75) is 33.7 Å². The van der Waals surface area contributed by atoms with Crippen LogP contribution in [0.2, 0.25) is 5.02 Å². The molecule has 4 heteroatoms. The lowest BCUT2D eigenvalue weighted by Crippen LogP contribution is -2.15. The molecule has 0 unspecified atom stereocenters. The molecule has 116 valence electrons. The van der Waals surface area contributed by atoms with Crippen molar-refractivity contribution in [1.29, 1.82) is 0 Å². The maximum absolute atomic E-state index is 6.15. The van der Waals surface area contributed by atoms with Crippen LogP contribution >= 0.6 is 24.0 Å². The van der Waals surface area contributed by atoms with Gasteiger partial charge >= 0.3 is 0 Å². The molecule has 0 aliphatic heterocycles. The molecule has 21 heavy (non-hydrogen) atoms. The summed E-state index contributed by atoms with van der Waals surface area (Å²) in [5, 5.41) is 4.18. The molecule has 0 atom stereocenters. The van der Waals surface area contributed by atoms with Gasteiger partial charge in [-0.15, -0.1) is 12.4 Å². The summed E-state index contributed by atoms with van der Waals surface area (Å²) < 4.78 is 5.89. The highest BCUT2D eigenvalue weighted by atomic mass is 35.5. The van der Waals surface area contributed by atoms with Gasteiger partial charge in [0, 0.05) is 10.6 Å². The predicted molar refractivity (Wildman–Crippen MR) is 92.3 cm³/mol. The SMILES string of the molecule is Cc1c(Cl)cccc1-c1ccc(CNCCC(C)C)o1.Cl. The van der Waals surface area contributed by atoms with Crippen LogP contribution in [0, 0.1) is 12.8 Å². The highest BCUT2D eigenvalue weighted by Gasteiger charge is 2.09. The Kier molecular flexibility index (Phi) is 7.30. The van der Waals surface area contributed by atoms with Crippen LogP contribution in [0.25, 0.3) is 11.3 Å². The standard InChI is InChI=1S/C17H22ClNO.ClH/c1-12(2)9-10-19-11-14-7-8-17(20-14)15-5-4-6-16(18)13(15)3;/h4-8,12,19H,9-11H2,1-3H3;1H. The molecule has 2 rings (SSSR count). The molecule has 1 aromatic carbocycles. The first-order valence-corrected chi connectivity index (χ1v) is 7.50. The summed E-state index contributed by atoms with van der Waals surface area (Å²) in [4.78, 5) is 0. The van der Waals surface area contributed by atoms with Crippen molar-refractivity contribution >= 4 is 24.0 Å². The van der Waals surface area contributed by atoms with E-state index in [1.807, 2.05) is 37.3 Å². The number of halogens is 2. The summed E-state index contributed by atoms with van der Waals surface area (Å²) >= 11 is 6.15. The number of benzene rings is 1. The van der Waals surface area contributed by atoms with E-state index in [0.29, 0.717) is 0 Å². The average Bonchev–Trinajstić information content (AvgIpc) is 2.86. The van der Waals surface area contributed by atoms with Gasteiger partial charge in [0.15, 0.2) is 0 Å². The van der Waals surface area contributed by atoms with Crippen LogP contribution in [0.15, 0.2) is 34.7 Å². The van der Waals surface area contributed by atoms with Crippen molar-refractivity contribution in [3.05, 3.63) is 46.7 Å². The van der Waals surface area contributed by atoms with E-state index in [9.17, 15) is 0 Å². The third-order valence-electron chi connectivity index (χ3n) is 3.39. The minimum absolute atomic E-state index is 0. The molecule has 2 aromatic rings. The molecule has 0 saturated carbocycles. The van der Waals surface area contributed by atoms with Gasteiger partial charge in [0.05, 0.1) is 6.54 Å². The predicted octanol–water partition coefficient (Wildman–Crippen LogP) is 5.47. The Hall–Kier alpha value is -0.960. The smallest absolute Gasteiger partial charge is 0.134 e. The minimum Gasteiger partial charge on any atom is -0.460 e. The highest BCUT2D eigenvalue weighted by molar-refractivity contribution is 6.31. The van der Waals surface area contributed by atoms with Crippen molar-refractivity contribution in [3.63, 3.8) is 0 Å². The van der Waals surface area contributed by atoms with Crippen LogP contribution in [0.3, 0.4) is 0 Å². The molecule has 0 amide bonds. The van der Waals surface area contributed by atoms with E-state index in [1.165, 1.54) is 6.42 Å². The lowest BCUT2D eigenvalue weighted by Gasteiger charge is -2.06. The topological polar surface area (TPSA) is 25.2 Å². The van der Waals surface area contributed by atoms with Crippen LogP contribution in [-0.2, 0) is 6.54 Å². The van der Waals surface area contributed by atoms with E-state index in [0.717, 1.165) is 46.7 Å². The zero-order chi connectivity index (χ0) is 14.5. The first-order valence-electron chi connectivity index (χ1n) is 7.13. The molecule has 0 spiro atoms. The first kappa shape index (κ1) is 18.1. The number of hydrogen-bond donors (Lipinski definition) is 1. The van der Waals surface area contributed by atoms with Crippen molar-refractivity contribution in [1.82, 2.24) is 5.32 Å². The van der Waals surface area contributed by atoms with E-state index in [-0.39, 0.29) is 12.4 Å². The normalized spacial score (nSPS) is 10.7. The molecule has 0 radical (unpaired) electrons. The van der Waals surface area contributed by atoms with E-state index < -0.39 is 0 Å². The Balaban J connectivity index is 0.00000220. The zero-order valence-corrected chi connectivity index (χ0v) is 14.4. The van der Waals surface area contributed by atoms with Crippen molar-refractivity contribution in [2.24, 2.45) is 5.92 Å². The van der Waals surface area contributed by atoms with Crippen molar-refractivity contribution in [2.75, 3.05) is 6.54 Å². The minimum atomic E-state index is 0. The molecule has 1 aromatic heterocycles. The third kappa shape index (κ3) is 5.06. The van der Waals surface area contributed by atoms with Crippen molar-refractivity contribution in [3.8, 4) is 11.3 Å². The largest absolute Gasteiger partial charge is 0.460 e. The van der Waals surface area contributed by atoms with Gasteiger partial charge in [-0.25, -0.2) is 0 Å². The van der Waals surface area contributed by atoms with Gasteiger partial charge in [-0.3, -0.25) is 0 Å². The molecule has 1 N–H and O–H groups in total. The molecule has 0 aliphatic rings. The monoisotopic (exact) mass is 327 g/mol. The molecule has 1 heterocycles. The number of furan rings is 1. The quantitative estimate of drug-likeness (QED) is 0.712. The van der Waals surface area contributed by atoms with Crippen LogP contribution in [0.4, 0.5) is 0 Å². The van der Waals surface area contributed by atoms with Gasteiger partial charge in [-0.2, -0.15) is 0 Å². The lowest BCUT2D eigenvalue weighted by atomic mass is 10.1. The van der Waals surface area contributed by atoms with Gasteiger partial charge in [0.25, 0.3) is 0 Å². The third-order valence-corrected chi connectivity index (χ3v) is 3.80. The summed E-state index contributed by atoms with van der Waals surface area (Å²) in [7, 11) is 0. The number of rotatable bonds is 6. The summed E-state index contributed by atoms with van der Waals surface area (Å²) in [6.45, 7) is 8.26. The second-order valence-corrected chi connectivity index (χ2v) is 5.94. The fourth-order valence-corrected chi connectivity index (χ4v) is 2.27. The molecule has 0 aliphatic carbocycles. The van der Waals surface area contributed by atoms with Gasteiger partial charge in [-0.05, 0) is 49.6 Å². The van der Waals surface area contributed by atoms with E-state index >= 15 is 0 Å². The maximum Gasteiger partial charge on any atom is 0.134 e. The highest BCUT2D eigenvalue weighted by Crippen LogP contribution is 2.29. The molecular weight excluding hydrogens is 305 g/mol. The van der Waals surface area contributed by atoms with Crippen LogP contribution in [0.1, 0.15) is 31.6 Å². The van der Waals surface area contributed by atoms with Gasteiger partial charge in [0.2, 0.25) is 0 Å². The average molecular weight is 328 g/mol. The Morgan fingerprint density at radius 1 is 1.19 bits per heavy atom. The van der Waals surface area contributed by atoms with Crippen LogP contribution in [0.5, 0.6) is 0 Å². The summed E-state index contributed by atoms with van der Waals surface area (Å²) in [6.07, 6.45) is 1.18. The summed E-state index contributed by atoms with van der Waals surface area (Å²) in [5.74, 6) is 2.57. The fourth-order valence-electron chi connectivity index (χ4n) is 2.09. The van der Waals surface area contributed by atoms with Gasteiger partial charge in [0.1, 0.15) is 11.5 Å². The second kappa shape index (κ2) is 8.47. The summed E-state index contributed by atoms with van der Waals surface area (Å²) in [5.41, 5.74) is 2.12. The fraction of sp³-hybridized carbons (Fsp3) is 0.412. The van der Waals surface area contributed by atoms with E-state index in [1.54, 1.807) is 0 Å². The number of nitrogens with one attached hydrogen (secondary N) is 1. The Bertz CT molecular complexity index is 564. The Morgan fingerprint density at radius 2 is 1.95 bits per heavy atom. The molecular formula is C17H23Cl2NO. The molecule has 2 nitrogen and oxygen atoms in total. The molecule has 0 bridgehead atoms. The Labute approximate surface area is 138 Å². The van der Waals surface area contributed by atoms with E-state index in [2.05, 4.69) is 19.2 Å². The van der Waals surface area contributed by atoms with E-state index in [4.69, 9.17) is 16.0 Å². The van der Waals surface area contributed by atoms with Crippen molar-refractivity contribution < 1.29 is 4.42 Å². The lowest BCUT2D eigenvalue weighted by molar-refractivity contribution is 0.474. The molecule has 0 saturated heterocycles. The first-order chi connectivity index (χ1) is 9.58. The number of hydrogen-bond acceptors (Lipinski definition) is 2. The van der Waals surface area contributed by atoms with Gasteiger partial charge < -0.3 is 9.73 Å². The second-order valence-electron chi connectivity index (χ2n) is 5.54. The Morgan fingerprint density at radius 3 is 2.67 bits per heavy atom.